The first-order valence-electron chi connectivity index (χ1n) is 7.72. The number of hydrogen-bond donors (Lipinski definition) is 1. The van der Waals surface area contributed by atoms with Gasteiger partial charge in [0.2, 0.25) is 15.7 Å². The number of rotatable bonds is 6. The van der Waals surface area contributed by atoms with Gasteiger partial charge in [0.05, 0.1) is 21.4 Å². The molecule has 0 radical (unpaired) electrons. The summed E-state index contributed by atoms with van der Waals surface area (Å²) in [5.41, 5.74) is 0.623. The van der Waals surface area contributed by atoms with E-state index in [9.17, 15) is 23.1 Å². The zero-order chi connectivity index (χ0) is 18.6. The van der Waals surface area contributed by atoms with Gasteiger partial charge in [-0.3, -0.25) is 4.79 Å². The Hall–Kier alpha value is -2.67. The lowest BCUT2D eigenvalue weighted by Crippen LogP contribution is -2.23. The highest BCUT2D eigenvalue weighted by Crippen LogP contribution is 2.29. The fourth-order valence-electron chi connectivity index (χ4n) is 2.27. The first-order valence-corrected chi connectivity index (χ1v) is 9.21. The molecule has 0 spiro atoms. The quantitative estimate of drug-likeness (QED) is 0.848. The molecule has 7 heteroatoms. The molecule has 0 atom stereocenters. The van der Waals surface area contributed by atoms with Crippen molar-refractivity contribution in [2.24, 2.45) is 0 Å². The van der Waals surface area contributed by atoms with E-state index >= 15 is 0 Å². The Kier molecular flexibility index (Phi) is 5.58. The zero-order valence-corrected chi connectivity index (χ0v) is 14.7. The maximum atomic E-state index is 12.9. The lowest BCUT2D eigenvalue weighted by atomic mass is 10.2. The van der Waals surface area contributed by atoms with Crippen LogP contribution in [0, 0.1) is 6.92 Å². The molecule has 1 N–H and O–H groups in total. The molecule has 1 amide bonds. The van der Waals surface area contributed by atoms with Gasteiger partial charge in [-0.05, 0) is 43.2 Å². The number of aryl methyl sites for hydroxylation is 1. The summed E-state index contributed by atoms with van der Waals surface area (Å²) < 4.78 is 25.7. The van der Waals surface area contributed by atoms with Crippen LogP contribution in [0.3, 0.4) is 0 Å². The number of carboxylic acid groups (broad SMARTS) is 1. The summed E-state index contributed by atoms with van der Waals surface area (Å²) in [6, 6.07) is 9.68. The van der Waals surface area contributed by atoms with Crippen molar-refractivity contribution in [3.63, 3.8) is 0 Å². The maximum Gasteiger partial charge on any atom is 0.224 e. The number of anilines is 1. The van der Waals surface area contributed by atoms with Crippen LogP contribution < -0.4 is 10.4 Å². The molecular weight excluding hydrogens is 342 g/mol. The van der Waals surface area contributed by atoms with Crippen LogP contribution in [0.25, 0.3) is 0 Å². The molecule has 6 nitrogen and oxygen atoms in total. The summed E-state index contributed by atoms with van der Waals surface area (Å²) >= 11 is 0. The van der Waals surface area contributed by atoms with E-state index < -0.39 is 21.7 Å². The molecule has 0 heterocycles. The van der Waals surface area contributed by atoms with Crippen molar-refractivity contribution in [2.75, 3.05) is 5.32 Å². The molecule has 132 valence electrons. The van der Waals surface area contributed by atoms with E-state index in [4.69, 9.17) is 0 Å². The van der Waals surface area contributed by atoms with Gasteiger partial charge in [0, 0.05) is 6.42 Å². The molecular formula is C18H18NO5S-. The first kappa shape index (κ1) is 18.7. The smallest absolute Gasteiger partial charge is 0.224 e. The average molecular weight is 360 g/mol. The highest BCUT2D eigenvalue weighted by molar-refractivity contribution is 7.91. The fraction of sp³-hybridized carbons (Fsp3) is 0.222. The van der Waals surface area contributed by atoms with E-state index in [1.54, 1.807) is 19.1 Å². The number of aromatic carboxylic acids is 1. The predicted octanol–water partition coefficient (Wildman–Crippen LogP) is 1.93. The third-order valence-corrected chi connectivity index (χ3v) is 5.42. The molecule has 0 aliphatic rings. The van der Waals surface area contributed by atoms with Crippen molar-refractivity contribution in [1.29, 1.82) is 0 Å². The minimum atomic E-state index is -3.92. The van der Waals surface area contributed by atoms with Crippen LogP contribution in [-0.2, 0) is 14.6 Å². The van der Waals surface area contributed by atoms with Crippen LogP contribution in [0.2, 0.25) is 0 Å². The third kappa shape index (κ3) is 4.24. The summed E-state index contributed by atoms with van der Waals surface area (Å²) in [5, 5.41) is 13.5. The van der Waals surface area contributed by atoms with E-state index in [1.165, 1.54) is 18.2 Å². The van der Waals surface area contributed by atoms with Crippen molar-refractivity contribution in [3.05, 3.63) is 53.6 Å². The van der Waals surface area contributed by atoms with Crippen molar-refractivity contribution in [1.82, 2.24) is 0 Å². The molecule has 0 fully saturated rings. The molecule has 2 rings (SSSR count). The van der Waals surface area contributed by atoms with Gasteiger partial charge in [-0.25, -0.2) is 8.42 Å². The van der Waals surface area contributed by atoms with Gasteiger partial charge in [-0.1, -0.05) is 30.7 Å². The van der Waals surface area contributed by atoms with E-state index in [2.05, 4.69) is 5.32 Å². The van der Waals surface area contributed by atoms with Gasteiger partial charge in [0.25, 0.3) is 0 Å². The molecule has 2 aromatic rings. The number of nitrogens with one attached hydrogen (secondary N) is 1. The van der Waals surface area contributed by atoms with Gasteiger partial charge in [-0.2, -0.15) is 0 Å². The molecule has 0 saturated carbocycles. The topological polar surface area (TPSA) is 103 Å². The lowest BCUT2D eigenvalue weighted by Gasteiger charge is -2.14. The van der Waals surface area contributed by atoms with Gasteiger partial charge < -0.3 is 15.2 Å². The number of sulfone groups is 1. The number of carbonyl (C=O) groups excluding carboxylic acids is 2. The van der Waals surface area contributed by atoms with Gasteiger partial charge >= 0.3 is 0 Å². The highest BCUT2D eigenvalue weighted by Gasteiger charge is 2.22. The van der Waals surface area contributed by atoms with E-state index in [0.29, 0.717) is 6.42 Å². The van der Waals surface area contributed by atoms with Crippen LogP contribution in [0.4, 0.5) is 5.69 Å². The van der Waals surface area contributed by atoms with E-state index in [1.807, 2.05) is 6.92 Å². The Morgan fingerprint density at radius 2 is 1.72 bits per heavy atom. The SMILES string of the molecule is CCCC(=O)Nc1cc(C(=O)[O-])ccc1S(=O)(=O)c1ccc(C)cc1. The van der Waals surface area contributed by atoms with Crippen LogP contribution in [0.15, 0.2) is 52.3 Å². The summed E-state index contributed by atoms with van der Waals surface area (Å²) in [6.07, 6.45) is 0.769. The van der Waals surface area contributed by atoms with E-state index in [0.717, 1.165) is 17.7 Å². The van der Waals surface area contributed by atoms with Gasteiger partial charge in [0.1, 0.15) is 0 Å². The summed E-state index contributed by atoms with van der Waals surface area (Å²) in [4.78, 5) is 22.8. The van der Waals surface area contributed by atoms with Gasteiger partial charge in [0.15, 0.2) is 0 Å². The lowest BCUT2D eigenvalue weighted by molar-refractivity contribution is -0.255. The molecule has 0 aliphatic carbocycles. The minimum Gasteiger partial charge on any atom is -0.545 e. The second kappa shape index (κ2) is 7.48. The maximum absolute atomic E-state index is 12.9. The van der Waals surface area contributed by atoms with Crippen LogP contribution >= 0.6 is 0 Å². The number of amides is 1. The summed E-state index contributed by atoms with van der Waals surface area (Å²) in [5.74, 6) is -1.84. The largest absolute Gasteiger partial charge is 0.545 e. The zero-order valence-electron chi connectivity index (χ0n) is 13.9. The highest BCUT2D eigenvalue weighted by atomic mass is 32.2. The summed E-state index contributed by atoms with van der Waals surface area (Å²) in [6.45, 7) is 3.64. The molecule has 0 aromatic heterocycles. The average Bonchev–Trinajstić information content (AvgIpc) is 2.55. The first-order chi connectivity index (χ1) is 11.8. The molecule has 0 bridgehead atoms. The monoisotopic (exact) mass is 360 g/mol. The Morgan fingerprint density at radius 3 is 2.28 bits per heavy atom. The summed E-state index contributed by atoms with van der Waals surface area (Å²) in [7, 11) is -3.92. The minimum absolute atomic E-state index is 0.0605. The Bertz CT molecular complexity index is 902. The molecule has 0 unspecified atom stereocenters. The number of carboxylic acids is 1. The fourth-order valence-corrected chi connectivity index (χ4v) is 3.67. The van der Waals surface area contributed by atoms with E-state index in [-0.39, 0.29) is 27.5 Å². The molecule has 0 saturated heterocycles. The van der Waals surface area contributed by atoms with Crippen LogP contribution in [0.5, 0.6) is 0 Å². The Balaban J connectivity index is 2.56. The Morgan fingerprint density at radius 1 is 1.08 bits per heavy atom. The number of carbonyl (C=O) groups is 2. The molecule has 0 aliphatic heterocycles. The molecule has 2 aromatic carbocycles. The van der Waals surface area contributed by atoms with Gasteiger partial charge in [-0.15, -0.1) is 0 Å². The van der Waals surface area contributed by atoms with Crippen LogP contribution in [0.1, 0.15) is 35.7 Å². The van der Waals surface area contributed by atoms with Crippen LogP contribution in [-0.4, -0.2) is 20.3 Å². The van der Waals surface area contributed by atoms with Crippen molar-refractivity contribution in [3.8, 4) is 0 Å². The third-order valence-electron chi connectivity index (χ3n) is 3.59. The number of hydrogen-bond acceptors (Lipinski definition) is 5. The van der Waals surface area contributed by atoms with Crippen molar-refractivity contribution in [2.45, 2.75) is 36.5 Å². The second-order valence-corrected chi connectivity index (χ2v) is 7.53. The normalized spacial score (nSPS) is 11.1. The predicted molar refractivity (Wildman–Crippen MR) is 90.9 cm³/mol. The molecule has 25 heavy (non-hydrogen) atoms. The second-order valence-electron chi connectivity index (χ2n) is 5.61. The number of benzene rings is 2. The standard InChI is InChI=1S/C18H19NO5S/c1-3-4-17(20)19-15-11-13(18(21)22)7-10-16(15)25(23,24)14-8-5-12(2)6-9-14/h5-11H,3-4H2,1-2H3,(H,19,20)(H,21,22)/p-1. The Labute approximate surface area is 146 Å². The van der Waals surface area contributed by atoms with Crippen molar-refractivity contribution < 1.29 is 23.1 Å². The van der Waals surface area contributed by atoms with Crippen molar-refractivity contribution >= 4 is 27.4 Å².